The average molecular weight is 288 g/mol. The Hall–Kier alpha value is -0.510. The van der Waals surface area contributed by atoms with E-state index in [9.17, 15) is 0 Å². The number of nitrogens with zero attached hydrogens (tertiary/aromatic N) is 3. The molecule has 1 heterocycles. The molecule has 1 aromatic heterocycles. The summed E-state index contributed by atoms with van der Waals surface area (Å²) in [5.74, 6) is 1.21. The molecule has 0 radical (unpaired) electrons. The maximum absolute atomic E-state index is 4.48. The molecule has 0 aliphatic rings. The second kappa shape index (κ2) is 4.78. The van der Waals surface area contributed by atoms with Crippen molar-refractivity contribution in [2.24, 2.45) is 12.5 Å². The molecule has 0 atom stereocenters. The third-order valence-electron chi connectivity index (χ3n) is 2.52. The van der Waals surface area contributed by atoms with Crippen LogP contribution in [0.15, 0.2) is 0 Å². The first kappa shape index (κ1) is 13.6. The van der Waals surface area contributed by atoms with Gasteiger partial charge in [0, 0.05) is 31.5 Å². The molecular formula is C12H22BrN3. The summed E-state index contributed by atoms with van der Waals surface area (Å²) in [6, 6.07) is 0. The van der Waals surface area contributed by atoms with Crippen LogP contribution >= 0.6 is 15.9 Å². The zero-order chi connectivity index (χ0) is 12.5. The van der Waals surface area contributed by atoms with E-state index in [4.69, 9.17) is 0 Å². The summed E-state index contributed by atoms with van der Waals surface area (Å²) in [5.41, 5.74) is 2.68. The first-order chi connectivity index (χ1) is 7.26. The van der Waals surface area contributed by atoms with Gasteiger partial charge >= 0.3 is 0 Å². The van der Waals surface area contributed by atoms with Gasteiger partial charge in [0.2, 0.25) is 0 Å². The molecule has 0 saturated heterocycles. The van der Waals surface area contributed by atoms with Gasteiger partial charge in [-0.05, 0) is 12.3 Å². The van der Waals surface area contributed by atoms with Crippen molar-refractivity contribution in [3.05, 3.63) is 11.3 Å². The van der Waals surface area contributed by atoms with Crippen molar-refractivity contribution in [1.82, 2.24) is 9.78 Å². The van der Waals surface area contributed by atoms with E-state index in [1.54, 1.807) is 0 Å². The van der Waals surface area contributed by atoms with Crippen LogP contribution in [0.3, 0.4) is 0 Å². The molecule has 3 nitrogen and oxygen atoms in total. The van der Waals surface area contributed by atoms with Crippen molar-refractivity contribution in [2.75, 3.05) is 18.5 Å². The van der Waals surface area contributed by atoms with Gasteiger partial charge in [-0.2, -0.15) is 5.10 Å². The fourth-order valence-electron chi connectivity index (χ4n) is 2.11. The van der Waals surface area contributed by atoms with E-state index < -0.39 is 0 Å². The molecule has 0 N–H and O–H groups in total. The van der Waals surface area contributed by atoms with E-state index in [1.807, 2.05) is 11.7 Å². The summed E-state index contributed by atoms with van der Waals surface area (Å²) in [7, 11) is 4.14. The van der Waals surface area contributed by atoms with E-state index in [2.05, 4.69) is 60.7 Å². The van der Waals surface area contributed by atoms with E-state index in [0.717, 1.165) is 17.6 Å². The SMILES string of the molecule is Cc1nn(C)c(N(C)CC(C)(C)C)c1CBr. The Morgan fingerprint density at radius 1 is 1.38 bits per heavy atom. The molecule has 92 valence electrons. The summed E-state index contributed by atoms with van der Waals surface area (Å²) < 4.78 is 1.97. The fraction of sp³-hybridized carbons (Fsp3) is 0.750. The zero-order valence-corrected chi connectivity index (χ0v) is 12.7. The first-order valence-corrected chi connectivity index (χ1v) is 6.68. The van der Waals surface area contributed by atoms with Crippen molar-refractivity contribution in [1.29, 1.82) is 0 Å². The average Bonchev–Trinajstić information content (AvgIpc) is 2.37. The summed E-state index contributed by atoms with van der Waals surface area (Å²) >= 11 is 3.54. The Balaban J connectivity index is 3.03. The molecule has 0 aromatic carbocycles. The van der Waals surface area contributed by atoms with Crippen LogP contribution < -0.4 is 4.90 Å². The van der Waals surface area contributed by atoms with Crippen LogP contribution in [0.25, 0.3) is 0 Å². The van der Waals surface area contributed by atoms with E-state index >= 15 is 0 Å². The zero-order valence-electron chi connectivity index (χ0n) is 11.1. The highest BCUT2D eigenvalue weighted by atomic mass is 79.9. The maximum atomic E-state index is 4.48. The number of aromatic nitrogens is 2. The van der Waals surface area contributed by atoms with Crippen LogP contribution in [0.5, 0.6) is 0 Å². The smallest absolute Gasteiger partial charge is 0.130 e. The van der Waals surface area contributed by atoms with E-state index in [0.29, 0.717) is 0 Å². The Bertz CT molecular complexity index is 363. The molecule has 1 rings (SSSR count). The van der Waals surface area contributed by atoms with Crippen molar-refractivity contribution >= 4 is 21.7 Å². The van der Waals surface area contributed by atoms with Gasteiger partial charge in [-0.15, -0.1) is 0 Å². The maximum Gasteiger partial charge on any atom is 0.130 e. The quantitative estimate of drug-likeness (QED) is 0.797. The largest absolute Gasteiger partial charge is 0.359 e. The van der Waals surface area contributed by atoms with Crippen molar-refractivity contribution < 1.29 is 0 Å². The van der Waals surface area contributed by atoms with E-state index in [-0.39, 0.29) is 5.41 Å². The van der Waals surface area contributed by atoms with Gasteiger partial charge in [0.15, 0.2) is 0 Å². The van der Waals surface area contributed by atoms with Crippen molar-refractivity contribution in [3.8, 4) is 0 Å². The third-order valence-corrected chi connectivity index (χ3v) is 3.08. The molecule has 0 aliphatic heterocycles. The predicted molar refractivity (Wildman–Crippen MR) is 73.3 cm³/mol. The molecule has 0 spiro atoms. The third kappa shape index (κ3) is 3.00. The van der Waals surface area contributed by atoms with Crippen LogP contribution in [0, 0.1) is 12.3 Å². The summed E-state index contributed by atoms with van der Waals surface area (Å²) in [6.45, 7) is 9.83. The Morgan fingerprint density at radius 3 is 2.38 bits per heavy atom. The highest BCUT2D eigenvalue weighted by Gasteiger charge is 2.20. The van der Waals surface area contributed by atoms with Gasteiger partial charge in [-0.1, -0.05) is 36.7 Å². The number of aryl methyl sites for hydroxylation is 2. The van der Waals surface area contributed by atoms with Gasteiger partial charge in [0.05, 0.1) is 5.69 Å². The van der Waals surface area contributed by atoms with Crippen LogP contribution in [-0.2, 0) is 12.4 Å². The van der Waals surface area contributed by atoms with Crippen LogP contribution in [0.1, 0.15) is 32.0 Å². The number of alkyl halides is 1. The fourth-order valence-corrected chi connectivity index (χ4v) is 2.77. The summed E-state index contributed by atoms with van der Waals surface area (Å²) in [4.78, 5) is 2.29. The van der Waals surface area contributed by atoms with Gasteiger partial charge < -0.3 is 4.90 Å². The lowest BCUT2D eigenvalue weighted by Gasteiger charge is -2.28. The number of anilines is 1. The van der Waals surface area contributed by atoms with Crippen LogP contribution in [0.2, 0.25) is 0 Å². The molecule has 0 aliphatic carbocycles. The Labute approximate surface area is 107 Å². The van der Waals surface area contributed by atoms with Gasteiger partial charge in [-0.3, -0.25) is 4.68 Å². The molecule has 4 heteroatoms. The lowest BCUT2D eigenvalue weighted by molar-refractivity contribution is 0.415. The number of hydrogen-bond acceptors (Lipinski definition) is 2. The summed E-state index contributed by atoms with van der Waals surface area (Å²) in [5, 5.41) is 5.34. The first-order valence-electron chi connectivity index (χ1n) is 5.56. The lowest BCUT2D eigenvalue weighted by Crippen LogP contribution is -2.31. The highest BCUT2D eigenvalue weighted by molar-refractivity contribution is 9.08. The minimum atomic E-state index is 0.288. The number of hydrogen-bond donors (Lipinski definition) is 0. The second-order valence-electron chi connectivity index (χ2n) is 5.56. The predicted octanol–water partition coefficient (Wildman–Crippen LogP) is 3.11. The normalized spacial score (nSPS) is 11.9. The topological polar surface area (TPSA) is 21.1 Å². The minimum Gasteiger partial charge on any atom is -0.359 e. The van der Waals surface area contributed by atoms with Gasteiger partial charge in [0.1, 0.15) is 5.82 Å². The molecule has 16 heavy (non-hydrogen) atoms. The molecule has 0 saturated carbocycles. The second-order valence-corrected chi connectivity index (χ2v) is 6.12. The standard InChI is InChI=1S/C12H22BrN3/c1-9-10(7-13)11(16(6)14-9)15(5)8-12(2,3)4/h7-8H2,1-6H3. The summed E-state index contributed by atoms with van der Waals surface area (Å²) in [6.07, 6.45) is 0. The monoisotopic (exact) mass is 287 g/mol. The molecule has 0 fully saturated rings. The number of rotatable bonds is 3. The van der Waals surface area contributed by atoms with E-state index in [1.165, 1.54) is 11.4 Å². The van der Waals surface area contributed by atoms with Crippen LogP contribution in [0.4, 0.5) is 5.82 Å². The molecule has 1 aromatic rings. The minimum absolute atomic E-state index is 0.288. The highest BCUT2D eigenvalue weighted by Crippen LogP contribution is 2.27. The molecule has 0 amide bonds. The number of halogens is 1. The Morgan fingerprint density at radius 2 is 1.94 bits per heavy atom. The van der Waals surface area contributed by atoms with Gasteiger partial charge in [-0.25, -0.2) is 0 Å². The van der Waals surface area contributed by atoms with Crippen molar-refractivity contribution in [2.45, 2.75) is 33.0 Å². The molecule has 0 bridgehead atoms. The van der Waals surface area contributed by atoms with Crippen molar-refractivity contribution in [3.63, 3.8) is 0 Å². The lowest BCUT2D eigenvalue weighted by atomic mass is 9.96. The molecule has 0 unspecified atom stereocenters. The molecular weight excluding hydrogens is 266 g/mol. The van der Waals surface area contributed by atoms with Crippen LogP contribution in [-0.4, -0.2) is 23.4 Å². The van der Waals surface area contributed by atoms with Gasteiger partial charge in [0.25, 0.3) is 0 Å². The Kier molecular flexibility index (Phi) is 4.05.